The maximum atomic E-state index is 3.79. The van der Waals surface area contributed by atoms with Crippen LogP contribution in [0.5, 0.6) is 0 Å². The van der Waals surface area contributed by atoms with Crippen LogP contribution in [0.2, 0.25) is 0 Å². The fraction of sp³-hybridized carbons (Fsp3) is 1.00. The molecule has 1 saturated heterocycles. The SMILES string of the molecule is CCC(C)CN1CC(C2CC2)NCC1C(C)C. The second-order valence-corrected chi connectivity index (χ2v) is 6.63. The molecule has 3 unspecified atom stereocenters. The van der Waals surface area contributed by atoms with Gasteiger partial charge in [-0.15, -0.1) is 0 Å². The molecule has 2 fully saturated rings. The molecule has 0 bridgehead atoms. The standard InChI is InChI=1S/C15H30N2/c1-5-12(4)9-17-10-14(13-6-7-13)16-8-15(17)11(2)3/h11-16H,5-10H2,1-4H3. The Morgan fingerprint density at radius 2 is 1.94 bits per heavy atom. The van der Waals surface area contributed by atoms with Crippen molar-refractivity contribution >= 4 is 0 Å². The molecule has 1 heterocycles. The van der Waals surface area contributed by atoms with Gasteiger partial charge in [-0.1, -0.05) is 34.1 Å². The van der Waals surface area contributed by atoms with Gasteiger partial charge in [-0.25, -0.2) is 0 Å². The van der Waals surface area contributed by atoms with Crippen molar-refractivity contribution in [2.45, 2.75) is 59.0 Å². The molecular formula is C15H30N2. The Kier molecular flexibility index (Phi) is 4.48. The molecular weight excluding hydrogens is 208 g/mol. The zero-order valence-electron chi connectivity index (χ0n) is 12.1. The molecule has 1 aliphatic carbocycles. The van der Waals surface area contributed by atoms with E-state index in [1.807, 2.05) is 0 Å². The van der Waals surface area contributed by atoms with E-state index < -0.39 is 0 Å². The third kappa shape index (κ3) is 3.45. The van der Waals surface area contributed by atoms with Crippen molar-refractivity contribution in [1.29, 1.82) is 0 Å². The zero-order valence-corrected chi connectivity index (χ0v) is 12.1. The predicted molar refractivity (Wildman–Crippen MR) is 74.2 cm³/mol. The molecule has 0 radical (unpaired) electrons. The molecule has 1 saturated carbocycles. The summed E-state index contributed by atoms with van der Waals surface area (Å²) in [5.41, 5.74) is 0. The Morgan fingerprint density at radius 1 is 1.24 bits per heavy atom. The van der Waals surface area contributed by atoms with Crippen molar-refractivity contribution in [2.75, 3.05) is 19.6 Å². The van der Waals surface area contributed by atoms with E-state index in [1.165, 1.54) is 38.9 Å². The quantitative estimate of drug-likeness (QED) is 0.792. The molecule has 2 rings (SSSR count). The fourth-order valence-corrected chi connectivity index (χ4v) is 3.06. The van der Waals surface area contributed by atoms with Crippen LogP contribution in [0, 0.1) is 17.8 Å². The fourth-order valence-electron chi connectivity index (χ4n) is 3.06. The Labute approximate surface area is 107 Å². The molecule has 17 heavy (non-hydrogen) atoms. The number of piperazine rings is 1. The van der Waals surface area contributed by atoms with Crippen molar-refractivity contribution in [2.24, 2.45) is 17.8 Å². The van der Waals surface area contributed by atoms with Crippen LogP contribution < -0.4 is 5.32 Å². The molecule has 2 heteroatoms. The van der Waals surface area contributed by atoms with Crippen LogP contribution in [-0.4, -0.2) is 36.6 Å². The minimum absolute atomic E-state index is 0.749. The highest BCUT2D eigenvalue weighted by Crippen LogP contribution is 2.35. The summed E-state index contributed by atoms with van der Waals surface area (Å²) in [5, 5.41) is 3.79. The van der Waals surface area contributed by atoms with Gasteiger partial charge in [0.15, 0.2) is 0 Å². The van der Waals surface area contributed by atoms with Gasteiger partial charge in [-0.3, -0.25) is 4.90 Å². The van der Waals surface area contributed by atoms with Crippen molar-refractivity contribution in [1.82, 2.24) is 10.2 Å². The van der Waals surface area contributed by atoms with Crippen LogP contribution in [0.25, 0.3) is 0 Å². The Bertz CT molecular complexity index is 235. The molecule has 0 spiro atoms. The van der Waals surface area contributed by atoms with Crippen molar-refractivity contribution < 1.29 is 0 Å². The van der Waals surface area contributed by atoms with Gasteiger partial charge in [0.05, 0.1) is 0 Å². The minimum atomic E-state index is 0.749. The second-order valence-electron chi connectivity index (χ2n) is 6.63. The lowest BCUT2D eigenvalue weighted by Gasteiger charge is -2.43. The van der Waals surface area contributed by atoms with E-state index in [-0.39, 0.29) is 0 Å². The first-order valence-corrected chi connectivity index (χ1v) is 7.59. The second kappa shape index (κ2) is 5.71. The van der Waals surface area contributed by atoms with Gasteiger partial charge in [0.25, 0.3) is 0 Å². The normalized spacial score (nSPS) is 33.0. The van der Waals surface area contributed by atoms with Crippen LogP contribution in [0.3, 0.4) is 0 Å². The van der Waals surface area contributed by atoms with E-state index in [0.29, 0.717) is 0 Å². The van der Waals surface area contributed by atoms with Crippen LogP contribution in [0.1, 0.15) is 47.0 Å². The molecule has 1 N–H and O–H groups in total. The maximum Gasteiger partial charge on any atom is 0.0244 e. The van der Waals surface area contributed by atoms with Gasteiger partial charge in [0.2, 0.25) is 0 Å². The molecule has 0 aromatic heterocycles. The van der Waals surface area contributed by atoms with Crippen LogP contribution in [0.4, 0.5) is 0 Å². The number of nitrogens with one attached hydrogen (secondary N) is 1. The summed E-state index contributed by atoms with van der Waals surface area (Å²) >= 11 is 0. The smallest absolute Gasteiger partial charge is 0.0244 e. The lowest BCUT2D eigenvalue weighted by molar-refractivity contribution is 0.0779. The average molecular weight is 238 g/mol. The van der Waals surface area contributed by atoms with E-state index in [0.717, 1.165) is 29.8 Å². The molecule has 0 aromatic rings. The van der Waals surface area contributed by atoms with Crippen LogP contribution in [0.15, 0.2) is 0 Å². The first kappa shape index (κ1) is 13.4. The third-order valence-corrected chi connectivity index (χ3v) is 4.69. The van der Waals surface area contributed by atoms with E-state index in [1.54, 1.807) is 0 Å². The lowest BCUT2D eigenvalue weighted by atomic mass is 9.95. The number of hydrogen-bond acceptors (Lipinski definition) is 2. The van der Waals surface area contributed by atoms with Gasteiger partial charge >= 0.3 is 0 Å². The number of hydrogen-bond donors (Lipinski definition) is 1. The predicted octanol–water partition coefficient (Wildman–Crippen LogP) is 2.74. The molecule has 2 nitrogen and oxygen atoms in total. The highest BCUT2D eigenvalue weighted by molar-refractivity contribution is 4.95. The van der Waals surface area contributed by atoms with Gasteiger partial charge in [-0.2, -0.15) is 0 Å². The maximum absolute atomic E-state index is 3.79. The summed E-state index contributed by atoms with van der Waals surface area (Å²) in [6.07, 6.45) is 4.23. The lowest BCUT2D eigenvalue weighted by Crippen LogP contribution is -2.59. The molecule has 100 valence electrons. The van der Waals surface area contributed by atoms with Gasteiger partial charge in [0.1, 0.15) is 0 Å². The van der Waals surface area contributed by atoms with E-state index in [9.17, 15) is 0 Å². The third-order valence-electron chi connectivity index (χ3n) is 4.69. The molecule has 2 aliphatic rings. The summed E-state index contributed by atoms with van der Waals surface area (Å²) < 4.78 is 0. The topological polar surface area (TPSA) is 15.3 Å². The number of rotatable bonds is 5. The highest BCUT2D eigenvalue weighted by Gasteiger charge is 2.37. The Balaban J connectivity index is 1.93. The van der Waals surface area contributed by atoms with Gasteiger partial charge < -0.3 is 5.32 Å². The van der Waals surface area contributed by atoms with E-state index in [2.05, 4.69) is 37.9 Å². The largest absolute Gasteiger partial charge is 0.311 e. The summed E-state index contributed by atoms with van der Waals surface area (Å²) in [6.45, 7) is 13.2. The highest BCUT2D eigenvalue weighted by atomic mass is 15.2. The molecule has 0 amide bonds. The summed E-state index contributed by atoms with van der Waals surface area (Å²) in [4.78, 5) is 2.78. The average Bonchev–Trinajstić information content (AvgIpc) is 3.12. The van der Waals surface area contributed by atoms with Gasteiger partial charge in [-0.05, 0) is 30.6 Å². The molecule has 0 aromatic carbocycles. The minimum Gasteiger partial charge on any atom is -0.311 e. The van der Waals surface area contributed by atoms with E-state index >= 15 is 0 Å². The first-order valence-electron chi connectivity index (χ1n) is 7.59. The van der Waals surface area contributed by atoms with Crippen LogP contribution in [-0.2, 0) is 0 Å². The van der Waals surface area contributed by atoms with Crippen molar-refractivity contribution in [3.8, 4) is 0 Å². The summed E-state index contributed by atoms with van der Waals surface area (Å²) in [7, 11) is 0. The molecule has 1 aliphatic heterocycles. The van der Waals surface area contributed by atoms with Crippen LogP contribution >= 0.6 is 0 Å². The first-order chi connectivity index (χ1) is 8.11. The monoisotopic (exact) mass is 238 g/mol. The number of nitrogens with zero attached hydrogens (tertiary/aromatic N) is 1. The van der Waals surface area contributed by atoms with Crippen molar-refractivity contribution in [3.05, 3.63) is 0 Å². The van der Waals surface area contributed by atoms with E-state index in [4.69, 9.17) is 0 Å². The van der Waals surface area contributed by atoms with Gasteiger partial charge in [0, 0.05) is 31.7 Å². The van der Waals surface area contributed by atoms with Crippen molar-refractivity contribution in [3.63, 3.8) is 0 Å². The molecule has 3 atom stereocenters. The summed E-state index contributed by atoms with van der Waals surface area (Å²) in [6, 6.07) is 1.54. The Hall–Kier alpha value is -0.0800. The summed E-state index contributed by atoms with van der Waals surface area (Å²) in [5.74, 6) is 2.60. The zero-order chi connectivity index (χ0) is 12.4. The Morgan fingerprint density at radius 3 is 2.47 bits per heavy atom.